The highest BCUT2D eigenvalue weighted by Crippen LogP contribution is 2.41. The van der Waals surface area contributed by atoms with Crippen LogP contribution >= 0.6 is 0 Å². The van der Waals surface area contributed by atoms with E-state index in [0.29, 0.717) is 17.0 Å². The molecule has 2 heterocycles. The fourth-order valence-corrected chi connectivity index (χ4v) is 4.11. The number of benzene rings is 3. The summed E-state index contributed by atoms with van der Waals surface area (Å²) in [7, 11) is 0. The third kappa shape index (κ3) is 7.27. The van der Waals surface area contributed by atoms with Crippen LogP contribution in [0.2, 0.25) is 0 Å². The minimum atomic E-state index is -1.36. The second-order valence-corrected chi connectivity index (χ2v) is 9.66. The summed E-state index contributed by atoms with van der Waals surface area (Å²) in [6.45, 7) is 3.69. The van der Waals surface area contributed by atoms with E-state index >= 15 is 8.78 Å². The van der Waals surface area contributed by atoms with Crippen molar-refractivity contribution in [1.82, 2.24) is 15.0 Å². The first kappa shape index (κ1) is 31.2. The Kier molecular flexibility index (Phi) is 9.22. The summed E-state index contributed by atoms with van der Waals surface area (Å²) in [5, 5.41) is 18.0. The molecule has 2 aromatic heterocycles. The summed E-state index contributed by atoms with van der Waals surface area (Å²) in [4.78, 5) is 23.0. The first-order valence-electron chi connectivity index (χ1n) is 13.8. The van der Waals surface area contributed by atoms with Crippen molar-refractivity contribution in [2.24, 2.45) is 5.73 Å². The van der Waals surface area contributed by atoms with Gasteiger partial charge in [-0.25, -0.2) is 9.78 Å². The number of halogens is 2. The minimum Gasteiger partial charge on any atom is -0.504 e. The first-order valence-corrected chi connectivity index (χ1v) is 13.8. The molecule has 0 spiro atoms. The highest BCUT2D eigenvalue weighted by atomic mass is 19.1. The van der Waals surface area contributed by atoms with Crippen molar-refractivity contribution in [2.45, 2.75) is 13.8 Å². The van der Waals surface area contributed by atoms with E-state index in [1.807, 2.05) is 6.92 Å². The van der Waals surface area contributed by atoms with Gasteiger partial charge in [0.25, 0.3) is 11.8 Å². The molecule has 3 aromatic carbocycles. The van der Waals surface area contributed by atoms with Crippen LogP contribution in [0.1, 0.15) is 23.7 Å². The van der Waals surface area contributed by atoms with Gasteiger partial charge in [0.2, 0.25) is 17.4 Å². The second-order valence-electron chi connectivity index (χ2n) is 9.66. The number of aromatic amines is 1. The highest BCUT2D eigenvalue weighted by molar-refractivity contribution is 5.95. The van der Waals surface area contributed by atoms with E-state index in [-0.39, 0.29) is 35.3 Å². The normalized spacial score (nSPS) is 11.0. The van der Waals surface area contributed by atoms with Crippen LogP contribution in [0.3, 0.4) is 0 Å². The Morgan fingerprint density at radius 1 is 0.978 bits per heavy atom. The van der Waals surface area contributed by atoms with Crippen LogP contribution < -0.4 is 19.9 Å². The molecule has 0 radical (unpaired) electrons. The van der Waals surface area contributed by atoms with E-state index in [4.69, 9.17) is 30.1 Å². The number of nitrogens with two attached hydrogens (primary N) is 1. The molecule has 0 aliphatic carbocycles. The number of carbonyl (C=O) groups excluding carboxylic acids is 1. The van der Waals surface area contributed by atoms with Gasteiger partial charge >= 0.3 is 5.97 Å². The van der Waals surface area contributed by atoms with Crippen LogP contribution in [-0.2, 0) is 9.53 Å². The maximum Gasteiger partial charge on any atom is 0.330 e. The molecule has 5 rings (SSSR count). The molecule has 46 heavy (non-hydrogen) atoms. The number of H-pyrrole nitrogens is 1. The number of carbonyl (C=O) groups is 1. The SMILES string of the molecule is CCOC(=O)C=Cc1cccc(Oc2c(F)c(Oc3cccc(-c4nc(C)c[nH]4)c3)nc(Oc3cc(C(=N)N)ccc3O)c2F)c1. The van der Waals surface area contributed by atoms with Crippen LogP contribution in [0.5, 0.6) is 40.5 Å². The lowest BCUT2D eigenvalue weighted by Crippen LogP contribution is -2.11. The number of imidazole rings is 1. The lowest BCUT2D eigenvalue weighted by molar-refractivity contribution is -0.137. The Morgan fingerprint density at radius 3 is 2.39 bits per heavy atom. The van der Waals surface area contributed by atoms with Crippen LogP contribution in [-0.4, -0.2) is 38.5 Å². The molecule has 234 valence electrons. The van der Waals surface area contributed by atoms with E-state index < -0.39 is 40.9 Å². The van der Waals surface area contributed by atoms with Crippen LogP contribution in [0.25, 0.3) is 17.5 Å². The molecular weight excluding hydrogens is 600 g/mol. The summed E-state index contributed by atoms with van der Waals surface area (Å²) in [6.07, 6.45) is 4.37. The van der Waals surface area contributed by atoms with Gasteiger partial charge in [0.1, 0.15) is 23.2 Å². The number of rotatable bonds is 11. The molecule has 0 aliphatic rings. The molecule has 0 fully saturated rings. The third-order valence-corrected chi connectivity index (χ3v) is 6.26. The zero-order valence-electron chi connectivity index (χ0n) is 24.5. The van der Waals surface area contributed by atoms with Gasteiger partial charge in [0.05, 0.1) is 12.3 Å². The number of aromatic hydroxyl groups is 1. The predicted molar refractivity (Wildman–Crippen MR) is 164 cm³/mol. The van der Waals surface area contributed by atoms with E-state index in [0.717, 1.165) is 5.69 Å². The maximum absolute atomic E-state index is 15.9. The fraction of sp³-hybridized carbons (Fsp3) is 0.0909. The average molecular weight is 628 g/mol. The van der Waals surface area contributed by atoms with Crippen molar-refractivity contribution in [2.75, 3.05) is 6.61 Å². The number of phenols is 1. The Bertz CT molecular complexity index is 1960. The molecule has 5 N–H and O–H groups in total. The molecule has 0 unspecified atom stereocenters. The van der Waals surface area contributed by atoms with Crippen molar-refractivity contribution in [3.63, 3.8) is 0 Å². The van der Waals surface area contributed by atoms with Crippen molar-refractivity contribution >= 4 is 17.9 Å². The number of pyridine rings is 1. The number of esters is 1. The number of aryl methyl sites for hydroxylation is 1. The Morgan fingerprint density at radius 2 is 1.70 bits per heavy atom. The van der Waals surface area contributed by atoms with Crippen molar-refractivity contribution in [1.29, 1.82) is 5.41 Å². The Labute approximate surface area is 261 Å². The van der Waals surface area contributed by atoms with Gasteiger partial charge in [-0.15, -0.1) is 0 Å². The second kappa shape index (κ2) is 13.6. The van der Waals surface area contributed by atoms with E-state index in [9.17, 15) is 9.90 Å². The van der Waals surface area contributed by atoms with E-state index in [1.54, 1.807) is 43.5 Å². The molecule has 0 atom stereocenters. The number of aromatic nitrogens is 3. The van der Waals surface area contributed by atoms with Gasteiger partial charge in [-0.2, -0.15) is 13.8 Å². The summed E-state index contributed by atoms with van der Waals surface area (Å²) in [5.74, 6) is -6.06. The van der Waals surface area contributed by atoms with Gasteiger partial charge < -0.3 is 34.8 Å². The maximum atomic E-state index is 15.9. The fourth-order valence-electron chi connectivity index (χ4n) is 4.11. The van der Waals surface area contributed by atoms with Crippen molar-refractivity contribution in [3.8, 4) is 51.9 Å². The minimum absolute atomic E-state index is 0.00326. The lowest BCUT2D eigenvalue weighted by atomic mass is 10.2. The molecule has 0 bridgehead atoms. The Hall–Kier alpha value is -6.24. The number of hydrogen-bond donors (Lipinski definition) is 4. The number of phenolic OH excluding ortho intramolecular Hbond substituents is 1. The smallest absolute Gasteiger partial charge is 0.330 e. The number of nitrogens with zero attached hydrogens (tertiary/aromatic N) is 2. The van der Waals surface area contributed by atoms with Gasteiger partial charge in [0.15, 0.2) is 11.5 Å². The van der Waals surface area contributed by atoms with E-state index in [1.165, 1.54) is 48.6 Å². The van der Waals surface area contributed by atoms with Gasteiger partial charge in [-0.3, -0.25) is 5.41 Å². The number of hydrogen-bond acceptors (Lipinski definition) is 9. The third-order valence-electron chi connectivity index (χ3n) is 6.26. The molecule has 0 aliphatic heterocycles. The molecule has 5 aromatic rings. The summed E-state index contributed by atoms with van der Waals surface area (Å²) < 4.78 is 53.7. The molecule has 0 saturated heterocycles. The number of ether oxygens (including phenoxy) is 4. The predicted octanol–water partition coefficient (Wildman–Crippen LogP) is 7.00. The van der Waals surface area contributed by atoms with Crippen LogP contribution in [0, 0.1) is 24.0 Å². The van der Waals surface area contributed by atoms with Crippen LogP contribution in [0.4, 0.5) is 8.78 Å². The lowest BCUT2D eigenvalue weighted by Gasteiger charge is -2.15. The first-order chi connectivity index (χ1) is 22.1. The van der Waals surface area contributed by atoms with Crippen molar-refractivity contribution in [3.05, 3.63) is 107 Å². The monoisotopic (exact) mass is 627 g/mol. The quantitative estimate of drug-likeness (QED) is 0.0522. The van der Waals surface area contributed by atoms with Gasteiger partial charge in [-0.1, -0.05) is 24.3 Å². The standard InChI is InChI=1S/C33H27F2N5O6/c1-3-43-26(42)13-10-19-6-4-8-22(14-19)44-29-27(34)32(45-23-9-5-7-21(15-23)31-38-17-18(2)39-31)40-33(28(29)35)46-25-16-20(30(36)37)11-12-24(25)41/h4-17,41H,3H2,1-2H3,(H3,36,37)(H,38,39). The molecule has 11 nitrogen and oxygen atoms in total. The van der Waals surface area contributed by atoms with Crippen molar-refractivity contribution < 1.29 is 37.6 Å². The molecular formula is C33H27F2N5O6. The molecule has 0 amide bonds. The van der Waals surface area contributed by atoms with Crippen LogP contribution in [0.15, 0.2) is 79.0 Å². The summed E-state index contributed by atoms with van der Waals surface area (Å²) in [5.41, 5.74) is 7.57. The van der Waals surface area contributed by atoms with Gasteiger partial charge in [0, 0.05) is 23.4 Å². The summed E-state index contributed by atoms with van der Waals surface area (Å²) in [6, 6.07) is 16.3. The zero-order chi connectivity index (χ0) is 32.8. The molecule has 0 saturated carbocycles. The number of nitrogens with one attached hydrogen (secondary N) is 2. The van der Waals surface area contributed by atoms with Gasteiger partial charge in [-0.05, 0) is 68.0 Å². The topological polar surface area (TPSA) is 166 Å². The largest absolute Gasteiger partial charge is 0.504 e. The Balaban J connectivity index is 1.55. The summed E-state index contributed by atoms with van der Waals surface area (Å²) >= 11 is 0. The highest BCUT2D eigenvalue weighted by Gasteiger charge is 2.27. The zero-order valence-corrected chi connectivity index (χ0v) is 24.5. The number of amidine groups is 1. The number of nitrogen functional groups attached to an aromatic ring is 1. The average Bonchev–Trinajstić information content (AvgIpc) is 3.48. The van der Waals surface area contributed by atoms with E-state index in [2.05, 4.69) is 15.0 Å². The molecule has 13 heteroatoms.